The molecule has 1 N–H and O–H groups in total. The molecule has 3 rings (SSSR count). The predicted octanol–water partition coefficient (Wildman–Crippen LogP) is 1.23. The van der Waals surface area contributed by atoms with Crippen LogP contribution in [0.5, 0.6) is 0 Å². The van der Waals surface area contributed by atoms with Crippen LogP contribution in [0.15, 0.2) is 24.5 Å². The zero-order valence-corrected chi connectivity index (χ0v) is 8.35. The molecule has 2 aliphatic rings. The highest BCUT2D eigenvalue weighted by atomic mass is 15.3. The SMILES string of the molecule is CNC1CC2CC2N1c1cccnc1. The number of aromatic nitrogens is 1. The third-order valence-corrected chi connectivity index (χ3v) is 3.38. The third kappa shape index (κ3) is 1.12. The van der Waals surface area contributed by atoms with Gasteiger partial charge in [-0.15, -0.1) is 0 Å². The smallest absolute Gasteiger partial charge is 0.0800 e. The Morgan fingerprint density at radius 1 is 1.50 bits per heavy atom. The summed E-state index contributed by atoms with van der Waals surface area (Å²) in [5, 5.41) is 3.37. The molecule has 1 saturated heterocycles. The number of hydrogen-bond donors (Lipinski definition) is 1. The van der Waals surface area contributed by atoms with Crippen molar-refractivity contribution < 1.29 is 0 Å². The first kappa shape index (κ1) is 8.24. The Morgan fingerprint density at radius 3 is 3.14 bits per heavy atom. The number of rotatable bonds is 2. The molecule has 3 unspecified atom stereocenters. The normalized spacial score (nSPS) is 34.4. The van der Waals surface area contributed by atoms with Crippen LogP contribution in [0.2, 0.25) is 0 Å². The van der Waals surface area contributed by atoms with Gasteiger partial charge in [0.05, 0.1) is 18.1 Å². The number of anilines is 1. The van der Waals surface area contributed by atoms with Crippen molar-refractivity contribution in [3.8, 4) is 0 Å². The summed E-state index contributed by atoms with van der Waals surface area (Å²) < 4.78 is 0. The molecule has 0 amide bonds. The van der Waals surface area contributed by atoms with Gasteiger partial charge >= 0.3 is 0 Å². The van der Waals surface area contributed by atoms with Crippen LogP contribution in [0.25, 0.3) is 0 Å². The molecule has 14 heavy (non-hydrogen) atoms. The summed E-state index contributed by atoms with van der Waals surface area (Å²) in [6.07, 6.45) is 6.97. The summed E-state index contributed by atoms with van der Waals surface area (Å²) >= 11 is 0. The first-order chi connectivity index (χ1) is 6.90. The average Bonchev–Trinajstić information content (AvgIpc) is 2.91. The minimum Gasteiger partial charge on any atom is -0.351 e. The van der Waals surface area contributed by atoms with E-state index < -0.39 is 0 Å². The van der Waals surface area contributed by atoms with Gasteiger partial charge in [-0.3, -0.25) is 4.98 Å². The summed E-state index contributed by atoms with van der Waals surface area (Å²) in [7, 11) is 2.04. The van der Waals surface area contributed by atoms with E-state index in [2.05, 4.69) is 21.3 Å². The van der Waals surface area contributed by atoms with E-state index in [1.807, 2.05) is 25.5 Å². The lowest BCUT2D eigenvalue weighted by atomic mass is 10.2. The zero-order chi connectivity index (χ0) is 9.54. The fourth-order valence-corrected chi connectivity index (χ4v) is 2.59. The molecule has 1 aromatic heterocycles. The molecule has 1 aliphatic carbocycles. The third-order valence-electron chi connectivity index (χ3n) is 3.38. The van der Waals surface area contributed by atoms with Crippen LogP contribution in [-0.4, -0.2) is 24.2 Å². The predicted molar refractivity (Wildman–Crippen MR) is 56.1 cm³/mol. The quantitative estimate of drug-likeness (QED) is 0.758. The highest BCUT2D eigenvalue weighted by Crippen LogP contribution is 2.48. The van der Waals surface area contributed by atoms with Crippen molar-refractivity contribution in [2.24, 2.45) is 5.92 Å². The van der Waals surface area contributed by atoms with Crippen LogP contribution < -0.4 is 10.2 Å². The second-order valence-corrected chi connectivity index (χ2v) is 4.22. The lowest BCUT2D eigenvalue weighted by molar-refractivity contribution is 0.530. The van der Waals surface area contributed by atoms with Gasteiger partial charge in [-0.2, -0.15) is 0 Å². The first-order valence-electron chi connectivity index (χ1n) is 5.26. The molecular weight excluding hydrogens is 174 g/mol. The van der Waals surface area contributed by atoms with Crippen molar-refractivity contribution >= 4 is 5.69 Å². The Balaban J connectivity index is 1.89. The molecule has 0 bridgehead atoms. The van der Waals surface area contributed by atoms with Crippen molar-refractivity contribution in [1.82, 2.24) is 10.3 Å². The van der Waals surface area contributed by atoms with Crippen molar-refractivity contribution in [3.05, 3.63) is 24.5 Å². The Labute approximate surface area is 84.1 Å². The average molecular weight is 189 g/mol. The molecule has 0 spiro atoms. The van der Waals surface area contributed by atoms with E-state index in [-0.39, 0.29) is 0 Å². The summed E-state index contributed by atoms with van der Waals surface area (Å²) in [5.74, 6) is 0.924. The largest absolute Gasteiger partial charge is 0.351 e. The Hall–Kier alpha value is -1.09. The van der Waals surface area contributed by atoms with E-state index in [4.69, 9.17) is 0 Å². The minimum absolute atomic E-state index is 0.517. The molecule has 1 saturated carbocycles. The van der Waals surface area contributed by atoms with E-state index in [1.165, 1.54) is 18.5 Å². The molecule has 0 aromatic carbocycles. The molecule has 3 heteroatoms. The molecule has 3 nitrogen and oxygen atoms in total. The summed E-state index contributed by atoms with van der Waals surface area (Å²) in [5.41, 5.74) is 1.26. The Kier molecular flexibility index (Phi) is 1.74. The fraction of sp³-hybridized carbons (Fsp3) is 0.545. The van der Waals surface area contributed by atoms with E-state index in [0.717, 1.165) is 12.0 Å². The minimum atomic E-state index is 0.517. The maximum Gasteiger partial charge on any atom is 0.0800 e. The molecule has 1 aliphatic heterocycles. The van der Waals surface area contributed by atoms with Gasteiger partial charge < -0.3 is 10.2 Å². The van der Waals surface area contributed by atoms with Crippen molar-refractivity contribution in [2.75, 3.05) is 11.9 Å². The van der Waals surface area contributed by atoms with Gasteiger partial charge in [0, 0.05) is 12.2 Å². The van der Waals surface area contributed by atoms with Crippen LogP contribution in [0.1, 0.15) is 12.8 Å². The molecule has 2 heterocycles. The number of nitrogens with zero attached hydrogens (tertiary/aromatic N) is 2. The number of fused-ring (bicyclic) bond motifs is 1. The molecule has 3 atom stereocenters. The number of nitrogens with one attached hydrogen (secondary N) is 1. The van der Waals surface area contributed by atoms with E-state index in [1.54, 1.807) is 0 Å². The number of piperidine rings is 1. The van der Waals surface area contributed by atoms with Crippen LogP contribution in [0.4, 0.5) is 5.69 Å². The number of hydrogen-bond acceptors (Lipinski definition) is 3. The van der Waals surface area contributed by atoms with Gasteiger partial charge in [-0.1, -0.05) is 0 Å². The van der Waals surface area contributed by atoms with E-state index in [0.29, 0.717) is 6.17 Å². The topological polar surface area (TPSA) is 28.2 Å². The molecule has 1 aromatic rings. The van der Waals surface area contributed by atoms with E-state index >= 15 is 0 Å². The van der Waals surface area contributed by atoms with Crippen molar-refractivity contribution in [3.63, 3.8) is 0 Å². The van der Waals surface area contributed by atoms with Gasteiger partial charge in [-0.05, 0) is 37.9 Å². The highest BCUT2D eigenvalue weighted by molar-refractivity contribution is 5.50. The maximum absolute atomic E-state index is 4.18. The van der Waals surface area contributed by atoms with Crippen LogP contribution >= 0.6 is 0 Å². The van der Waals surface area contributed by atoms with Gasteiger partial charge in [0.15, 0.2) is 0 Å². The first-order valence-corrected chi connectivity index (χ1v) is 5.26. The van der Waals surface area contributed by atoms with Crippen molar-refractivity contribution in [1.29, 1.82) is 0 Å². The van der Waals surface area contributed by atoms with Gasteiger partial charge in [0.2, 0.25) is 0 Å². The van der Waals surface area contributed by atoms with Crippen LogP contribution in [0.3, 0.4) is 0 Å². The van der Waals surface area contributed by atoms with E-state index in [9.17, 15) is 0 Å². The Bertz CT molecular complexity index is 325. The summed E-state index contributed by atoms with van der Waals surface area (Å²) in [6, 6.07) is 4.94. The number of pyridine rings is 1. The molecular formula is C11H15N3. The lowest BCUT2D eigenvalue weighted by Crippen LogP contribution is -2.41. The zero-order valence-electron chi connectivity index (χ0n) is 8.35. The van der Waals surface area contributed by atoms with Crippen LogP contribution in [0, 0.1) is 5.92 Å². The van der Waals surface area contributed by atoms with Gasteiger partial charge in [-0.25, -0.2) is 0 Å². The standard InChI is InChI=1S/C11H15N3/c1-12-11-6-8-5-10(8)14(11)9-3-2-4-13-7-9/h2-4,7-8,10-12H,5-6H2,1H3. The molecule has 2 fully saturated rings. The second kappa shape index (κ2) is 2.95. The molecule has 0 radical (unpaired) electrons. The monoisotopic (exact) mass is 189 g/mol. The second-order valence-electron chi connectivity index (χ2n) is 4.22. The Morgan fingerprint density at radius 2 is 2.43 bits per heavy atom. The fourth-order valence-electron chi connectivity index (χ4n) is 2.59. The van der Waals surface area contributed by atoms with Crippen molar-refractivity contribution in [2.45, 2.75) is 25.0 Å². The lowest BCUT2D eigenvalue weighted by Gasteiger charge is -2.28. The summed E-state index contributed by atoms with van der Waals surface area (Å²) in [4.78, 5) is 6.67. The maximum atomic E-state index is 4.18. The summed E-state index contributed by atoms with van der Waals surface area (Å²) in [6.45, 7) is 0. The van der Waals surface area contributed by atoms with Crippen LogP contribution in [-0.2, 0) is 0 Å². The van der Waals surface area contributed by atoms with Gasteiger partial charge in [0.25, 0.3) is 0 Å². The van der Waals surface area contributed by atoms with Gasteiger partial charge in [0.1, 0.15) is 0 Å². The highest BCUT2D eigenvalue weighted by Gasteiger charge is 2.51. The molecule has 74 valence electrons.